The fourth-order valence-corrected chi connectivity index (χ4v) is 4.43. The number of nitrogens with zero attached hydrogens (tertiary/aromatic N) is 1. The maximum atomic E-state index is 12.7. The quantitative estimate of drug-likeness (QED) is 0.784. The van der Waals surface area contributed by atoms with E-state index in [0.717, 1.165) is 30.7 Å². The molecule has 1 amide bonds. The Morgan fingerprint density at radius 3 is 2.69 bits per heavy atom. The van der Waals surface area contributed by atoms with Gasteiger partial charge in [-0.1, -0.05) is 18.6 Å². The molecule has 5 nitrogen and oxygen atoms in total. The summed E-state index contributed by atoms with van der Waals surface area (Å²) in [6, 6.07) is 8.30. The number of likely N-dealkylation sites (N-methyl/N-ethyl adjacent to an activating group) is 1. The van der Waals surface area contributed by atoms with Crippen molar-refractivity contribution in [3.05, 3.63) is 29.8 Å². The number of rotatable bonds is 7. The third-order valence-corrected chi connectivity index (χ3v) is 5.96. The molecule has 1 aromatic rings. The second-order valence-electron chi connectivity index (χ2n) is 8.21. The first-order valence-electron chi connectivity index (χ1n) is 9.92. The topological polar surface area (TPSA) is 67.6 Å². The normalized spacial score (nSPS) is 28.0. The summed E-state index contributed by atoms with van der Waals surface area (Å²) in [5.41, 5.74) is 7.42. The molecule has 2 aliphatic carbocycles. The van der Waals surface area contributed by atoms with E-state index >= 15 is 0 Å². The van der Waals surface area contributed by atoms with Gasteiger partial charge in [-0.15, -0.1) is 0 Å². The molecule has 0 aliphatic heterocycles. The highest BCUT2D eigenvalue weighted by Gasteiger charge is 2.40. The van der Waals surface area contributed by atoms with Gasteiger partial charge in [0.15, 0.2) is 0 Å². The van der Waals surface area contributed by atoms with Crippen LogP contribution in [-0.4, -0.2) is 44.1 Å². The molecule has 2 fully saturated rings. The summed E-state index contributed by atoms with van der Waals surface area (Å²) in [6.07, 6.45) is 5.56. The Kier molecular flexibility index (Phi) is 6.54. The summed E-state index contributed by atoms with van der Waals surface area (Å²) in [7, 11) is 4.06. The average molecular weight is 360 g/mol. The van der Waals surface area contributed by atoms with Crippen molar-refractivity contribution < 1.29 is 9.53 Å². The third-order valence-electron chi connectivity index (χ3n) is 5.96. The van der Waals surface area contributed by atoms with Gasteiger partial charge in [0.2, 0.25) is 5.91 Å². The Hall–Kier alpha value is -1.59. The number of fused-ring (bicyclic) bond motifs is 2. The highest BCUT2D eigenvalue weighted by atomic mass is 16.5. The number of ether oxygens (including phenoxy) is 1. The van der Waals surface area contributed by atoms with Crippen LogP contribution in [0.3, 0.4) is 0 Å². The van der Waals surface area contributed by atoms with Crippen LogP contribution in [-0.2, 0) is 11.3 Å². The van der Waals surface area contributed by atoms with Crippen LogP contribution in [0.5, 0.6) is 5.75 Å². The standard InChI is InChI=1S/C21H33N3O2/c1-24(2)9-10-26-19-8-3-5-15(11-19)14-23-21(25)18-12-16-6-4-7-17(13-18)20(16)22/h3,5,8,11,16-18,20H,4,6-7,9-10,12-14,22H2,1-2H3,(H,23,25). The lowest BCUT2D eigenvalue weighted by Gasteiger charge is -2.43. The SMILES string of the molecule is CN(C)CCOc1cccc(CNC(=O)C2CC3CCCC(C2)C3N)c1. The van der Waals surface area contributed by atoms with Gasteiger partial charge in [-0.25, -0.2) is 0 Å². The fourth-order valence-electron chi connectivity index (χ4n) is 4.43. The highest BCUT2D eigenvalue weighted by Crippen LogP contribution is 2.41. The Bertz CT molecular complexity index is 591. The number of carbonyl (C=O) groups excluding carboxylic acids is 1. The van der Waals surface area contributed by atoms with Crippen molar-refractivity contribution >= 4 is 5.91 Å². The zero-order chi connectivity index (χ0) is 18.5. The van der Waals surface area contributed by atoms with Crippen LogP contribution in [0.1, 0.15) is 37.7 Å². The Morgan fingerprint density at radius 2 is 2.00 bits per heavy atom. The Balaban J connectivity index is 1.48. The fraction of sp³-hybridized carbons (Fsp3) is 0.667. The van der Waals surface area contributed by atoms with Gasteiger partial charge in [0.25, 0.3) is 0 Å². The predicted octanol–water partition coefficient (Wildman–Crippen LogP) is 2.40. The lowest BCUT2D eigenvalue weighted by atomic mass is 9.65. The van der Waals surface area contributed by atoms with Crippen LogP contribution >= 0.6 is 0 Å². The van der Waals surface area contributed by atoms with Crippen LogP contribution in [0.4, 0.5) is 0 Å². The van der Waals surface area contributed by atoms with Gasteiger partial charge in [-0.3, -0.25) is 4.79 Å². The largest absolute Gasteiger partial charge is 0.492 e. The van der Waals surface area contributed by atoms with Crippen LogP contribution in [0.15, 0.2) is 24.3 Å². The van der Waals surface area contributed by atoms with E-state index in [1.165, 1.54) is 19.3 Å². The van der Waals surface area contributed by atoms with E-state index in [1.807, 2.05) is 38.4 Å². The molecule has 3 rings (SSSR count). The molecule has 26 heavy (non-hydrogen) atoms. The van der Waals surface area contributed by atoms with Crippen molar-refractivity contribution in [2.24, 2.45) is 23.5 Å². The van der Waals surface area contributed by atoms with E-state index in [0.29, 0.717) is 31.0 Å². The highest BCUT2D eigenvalue weighted by molar-refractivity contribution is 5.78. The summed E-state index contributed by atoms with van der Waals surface area (Å²) >= 11 is 0. The van der Waals surface area contributed by atoms with Crippen LogP contribution < -0.4 is 15.8 Å². The number of nitrogens with two attached hydrogens (primary N) is 1. The minimum Gasteiger partial charge on any atom is -0.492 e. The van der Waals surface area contributed by atoms with E-state index in [-0.39, 0.29) is 11.8 Å². The van der Waals surface area contributed by atoms with Gasteiger partial charge in [-0.05, 0) is 69.3 Å². The maximum Gasteiger partial charge on any atom is 0.223 e. The van der Waals surface area contributed by atoms with Gasteiger partial charge < -0.3 is 20.7 Å². The molecule has 3 N–H and O–H groups in total. The van der Waals surface area contributed by atoms with E-state index < -0.39 is 0 Å². The summed E-state index contributed by atoms with van der Waals surface area (Å²) in [5, 5.41) is 3.13. The lowest BCUT2D eigenvalue weighted by Crippen LogP contribution is -2.49. The monoisotopic (exact) mass is 359 g/mol. The first kappa shape index (κ1) is 19.2. The zero-order valence-electron chi connectivity index (χ0n) is 16.1. The van der Waals surface area contributed by atoms with Crippen molar-refractivity contribution in [2.75, 3.05) is 27.2 Å². The summed E-state index contributed by atoms with van der Waals surface area (Å²) in [5.74, 6) is 2.24. The van der Waals surface area contributed by atoms with Gasteiger partial charge >= 0.3 is 0 Å². The predicted molar refractivity (Wildman–Crippen MR) is 104 cm³/mol. The molecule has 1 aromatic carbocycles. The van der Waals surface area contributed by atoms with Gasteiger partial charge in [0.05, 0.1) is 0 Å². The van der Waals surface area contributed by atoms with E-state index in [1.54, 1.807) is 0 Å². The smallest absolute Gasteiger partial charge is 0.223 e. The van der Waals surface area contributed by atoms with Gasteiger partial charge in [-0.2, -0.15) is 0 Å². The lowest BCUT2D eigenvalue weighted by molar-refractivity contribution is -0.128. The number of amides is 1. The molecule has 2 bridgehead atoms. The van der Waals surface area contributed by atoms with Crippen LogP contribution in [0.2, 0.25) is 0 Å². The molecule has 0 heterocycles. The summed E-state index contributed by atoms with van der Waals surface area (Å²) < 4.78 is 5.77. The first-order valence-corrected chi connectivity index (χ1v) is 9.92. The third kappa shape index (κ3) is 4.98. The number of nitrogens with one attached hydrogen (secondary N) is 1. The minimum absolute atomic E-state index is 0.129. The van der Waals surface area contributed by atoms with Crippen molar-refractivity contribution in [1.82, 2.24) is 10.2 Å². The van der Waals surface area contributed by atoms with Crippen LogP contribution in [0, 0.1) is 17.8 Å². The second kappa shape index (κ2) is 8.87. The van der Waals surface area contributed by atoms with Crippen molar-refractivity contribution in [1.29, 1.82) is 0 Å². The van der Waals surface area contributed by atoms with Crippen molar-refractivity contribution in [3.8, 4) is 5.75 Å². The first-order chi connectivity index (χ1) is 12.5. The zero-order valence-corrected chi connectivity index (χ0v) is 16.1. The number of hydrogen-bond acceptors (Lipinski definition) is 4. The minimum atomic E-state index is 0.129. The van der Waals surface area contributed by atoms with Crippen molar-refractivity contribution in [2.45, 2.75) is 44.7 Å². The Labute approximate surface area is 157 Å². The molecule has 2 saturated carbocycles. The molecule has 0 spiro atoms. The summed E-state index contributed by atoms with van der Waals surface area (Å²) in [6.45, 7) is 2.10. The molecular formula is C21H33N3O2. The molecule has 0 saturated heterocycles. The van der Waals surface area contributed by atoms with Crippen LogP contribution in [0.25, 0.3) is 0 Å². The number of carbonyl (C=O) groups is 1. The second-order valence-corrected chi connectivity index (χ2v) is 8.21. The van der Waals surface area contributed by atoms with E-state index in [4.69, 9.17) is 10.5 Å². The average Bonchev–Trinajstić information content (AvgIpc) is 2.59. The molecule has 0 radical (unpaired) electrons. The van der Waals surface area contributed by atoms with Gasteiger partial charge in [0, 0.05) is 25.0 Å². The number of hydrogen-bond donors (Lipinski definition) is 2. The molecule has 2 unspecified atom stereocenters. The van der Waals surface area contributed by atoms with E-state index in [9.17, 15) is 4.79 Å². The van der Waals surface area contributed by atoms with Crippen molar-refractivity contribution in [3.63, 3.8) is 0 Å². The molecule has 2 atom stereocenters. The maximum absolute atomic E-state index is 12.7. The Morgan fingerprint density at radius 1 is 1.27 bits per heavy atom. The molecule has 5 heteroatoms. The molecular weight excluding hydrogens is 326 g/mol. The molecule has 144 valence electrons. The van der Waals surface area contributed by atoms with E-state index in [2.05, 4.69) is 10.2 Å². The molecule has 2 aliphatic rings. The number of benzene rings is 1. The van der Waals surface area contributed by atoms with Gasteiger partial charge in [0.1, 0.15) is 12.4 Å². The molecule has 0 aromatic heterocycles. The summed E-state index contributed by atoms with van der Waals surface area (Å²) in [4.78, 5) is 14.7.